The molecule has 2 rings (SSSR count). The molecule has 0 aliphatic heterocycles. The molecule has 0 spiro atoms. The Hall–Kier alpha value is -2.62. The van der Waals surface area contributed by atoms with Gasteiger partial charge in [-0.25, -0.2) is 18.1 Å². The number of nitrogen functional groups attached to an aromatic ring is 1. The Kier molecular flexibility index (Phi) is 4.08. The number of nitrogens with zero attached hydrogens (tertiary/aromatic N) is 3. The number of ether oxygens (including phenoxy) is 2. The first-order valence-corrected chi connectivity index (χ1v) is 7.14. The molecule has 0 radical (unpaired) electrons. The van der Waals surface area contributed by atoms with Crippen LogP contribution >= 0.6 is 0 Å². The molecule has 0 aliphatic carbocycles. The summed E-state index contributed by atoms with van der Waals surface area (Å²) >= 11 is 0. The average Bonchev–Trinajstić information content (AvgIpc) is 2.46. The van der Waals surface area contributed by atoms with Crippen molar-refractivity contribution < 1.29 is 17.9 Å². The first kappa shape index (κ1) is 14.8. The lowest BCUT2D eigenvalue weighted by atomic mass is 10.5. The molecule has 0 fully saturated rings. The lowest BCUT2D eigenvalue weighted by Crippen LogP contribution is -2.16. The maximum Gasteiger partial charge on any atom is 0.264 e. The summed E-state index contributed by atoms with van der Waals surface area (Å²) in [5, 5.41) is 0. The third kappa shape index (κ3) is 3.48. The topological polar surface area (TPSA) is 129 Å². The first-order valence-electron chi connectivity index (χ1n) is 5.66. The second-order valence-corrected chi connectivity index (χ2v) is 5.48. The molecule has 0 aliphatic rings. The van der Waals surface area contributed by atoms with Crippen molar-refractivity contribution >= 4 is 21.8 Å². The van der Waals surface area contributed by atoms with E-state index >= 15 is 0 Å². The molecule has 9 nitrogen and oxygen atoms in total. The lowest BCUT2D eigenvalue weighted by Gasteiger charge is -2.09. The van der Waals surface area contributed by atoms with E-state index in [1.165, 1.54) is 38.6 Å². The van der Waals surface area contributed by atoms with Gasteiger partial charge < -0.3 is 15.2 Å². The van der Waals surface area contributed by atoms with Gasteiger partial charge in [0.1, 0.15) is 5.82 Å². The zero-order chi connectivity index (χ0) is 15.5. The van der Waals surface area contributed by atoms with Crippen molar-refractivity contribution in [2.24, 2.45) is 0 Å². The zero-order valence-electron chi connectivity index (χ0n) is 11.3. The molecular formula is C11H13N5O4S. The quantitative estimate of drug-likeness (QED) is 0.805. The number of rotatable bonds is 5. The maximum absolute atomic E-state index is 12.2. The third-order valence-electron chi connectivity index (χ3n) is 2.39. The third-order valence-corrected chi connectivity index (χ3v) is 3.71. The van der Waals surface area contributed by atoms with Crippen molar-refractivity contribution in [2.75, 3.05) is 24.7 Å². The SMILES string of the molecule is COc1cc(OC)nc(NS(=O)(=O)c2ccnc(N)c2)n1. The molecule has 0 saturated carbocycles. The molecule has 10 heteroatoms. The van der Waals surface area contributed by atoms with Crippen LogP contribution in [0.3, 0.4) is 0 Å². The van der Waals surface area contributed by atoms with E-state index in [9.17, 15) is 8.42 Å². The van der Waals surface area contributed by atoms with Crippen LogP contribution in [0.15, 0.2) is 29.3 Å². The predicted octanol–water partition coefficient (Wildman–Crippen LogP) is 0.272. The molecule has 0 saturated heterocycles. The number of pyridine rings is 1. The largest absolute Gasteiger partial charge is 0.481 e. The summed E-state index contributed by atoms with van der Waals surface area (Å²) in [4.78, 5) is 11.4. The van der Waals surface area contributed by atoms with Crippen LogP contribution in [0.4, 0.5) is 11.8 Å². The number of hydrogen-bond acceptors (Lipinski definition) is 8. The summed E-state index contributed by atoms with van der Waals surface area (Å²) in [7, 11) is -1.11. The number of methoxy groups -OCH3 is 2. The summed E-state index contributed by atoms with van der Waals surface area (Å²) in [5.74, 6) is 0.228. The molecule has 0 unspecified atom stereocenters. The highest BCUT2D eigenvalue weighted by Gasteiger charge is 2.17. The van der Waals surface area contributed by atoms with E-state index in [1.54, 1.807) is 0 Å². The Morgan fingerprint density at radius 2 is 1.76 bits per heavy atom. The fourth-order valence-corrected chi connectivity index (χ4v) is 2.40. The minimum atomic E-state index is -3.89. The molecule has 2 aromatic rings. The Bertz CT molecular complexity index is 728. The van der Waals surface area contributed by atoms with Crippen LogP contribution in [-0.2, 0) is 10.0 Å². The minimum absolute atomic E-state index is 0.0552. The highest BCUT2D eigenvalue weighted by atomic mass is 32.2. The van der Waals surface area contributed by atoms with Gasteiger partial charge in [-0.1, -0.05) is 0 Å². The van der Waals surface area contributed by atoms with Gasteiger partial charge in [-0.3, -0.25) is 0 Å². The summed E-state index contributed by atoms with van der Waals surface area (Å²) in [5.41, 5.74) is 5.47. The highest BCUT2D eigenvalue weighted by molar-refractivity contribution is 7.92. The van der Waals surface area contributed by atoms with Gasteiger partial charge in [0.2, 0.25) is 17.7 Å². The monoisotopic (exact) mass is 311 g/mol. The van der Waals surface area contributed by atoms with Crippen molar-refractivity contribution in [3.8, 4) is 11.8 Å². The second kappa shape index (κ2) is 5.79. The molecule has 112 valence electrons. The van der Waals surface area contributed by atoms with E-state index in [0.717, 1.165) is 0 Å². The van der Waals surface area contributed by atoms with Gasteiger partial charge in [-0.05, 0) is 6.07 Å². The first-order chi connectivity index (χ1) is 9.94. The van der Waals surface area contributed by atoms with E-state index in [4.69, 9.17) is 15.2 Å². The van der Waals surface area contributed by atoms with Crippen LogP contribution in [-0.4, -0.2) is 37.6 Å². The van der Waals surface area contributed by atoms with Gasteiger partial charge in [0.15, 0.2) is 0 Å². The Morgan fingerprint density at radius 1 is 1.14 bits per heavy atom. The van der Waals surface area contributed by atoms with Crippen molar-refractivity contribution in [2.45, 2.75) is 4.90 Å². The number of nitrogens with one attached hydrogen (secondary N) is 1. The van der Waals surface area contributed by atoms with Crippen LogP contribution in [0.1, 0.15) is 0 Å². The Labute approximate surface area is 121 Å². The van der Waals surface area contributed by atoms with E-state index in [1.807, 2.05) is 0 Å². The van der Waals surface area contributed by atoms with Crippen LogP contribution in [0.5, 0.6) is 11.8 Å². The fourth-order valence-electron chi connectivity index (χ4n) is 1.43. The van der Waals surface area contributed by atoms with Crippen LogP contribution in [0.25, 0.3) is 0 Å². The molecule has 21 heavy (non-hydrogen) atoms. The van der Waals surface area contributed by atoms with Gasteiger partial charge in [-0.15, -0.1) is 0 Å². The van der Waals surface area contributed by atoms with Gasteiger partial charge >= 0.3 is 0 Å². The van der Waals surface area contributed by atoms with Crippen molar-refractivity contribution in [1.29, 1.82) is 0 Å². The number of nitrogens with two attached hydrogens (primary N) is 1. The summed E-state index contributed by atoms with van der Waals surface area (Å²) < 4.78 is 36.5. The highest BCUT2D eigenvalue weighted by Crippen LogP contribution is 2.20. The normalized spacial score (nSPS) is 11.0. The van der Waals surface area contributed by atoms with Crippen LogP contribution in [0.2, 0.25) is 0 Å². The van der Waals surface area contributed by atoms with Crippen LogP contribution < -0.4 is 19.9 Å². The molecule has 2 heterocycles. The molecule has 0 atom stereocenters. The van der Waals surface area contributed by atoms with Crippen LogP contribution in [0, 0.1) is 0 Å². The standard InChI is InChI=1S/C11H13N5O4S/c1-19-9-6-10(20-2)15-11(14-9)16-21(17,18)7-3-4-13-8(12)5-7/h3-6H,1-2H3,(H2,12,13)(H,14,15,16). The van der Waals surface area contributed by atoms with E-state index in [0.29, 0.717) is 0 Å². The molecule has 2 aromatic heterocycles. The molecule has 0 amide bonds. The molecular weight excluding hydrogens is 298 g/mol. The zero-order valence-corrected chi connectivity index (χ0v) is 12.1. The van der Waals surface area contributed by atoms with Crippen molar-refractivity contribution in [1.82, 2.24) is 15.0 Å². The number of anilines is 2. The maximum atomic E-state index is 12.2. The van der Waals surface area contributed by atoms with Gasteiger partial charge in [0, 0.05) is 12.3 Å². The Balaban J connectivity index is 2.36. The van der Waals surface area contributed by atoms with E-state index < -0.39 is 10.0 Å². The van der Waals surface area contributed by atoms with Gasteiger partial charge in [0.05, 0.1) is 25.2 Å². The lowest BCUT2D eigenvalue weighted by molar-refractivity contribution is 0.373. The van der Waals surface area contributed by atoms with E-state index in [2.05, 4.69) is 19.7 Å². The molecule has 0 aromatic carbocycles. The van der Waals surface area contributed by atoms with Crippen molar-refractivity contribution in [3.05, 3.63) is 24.4 Å². The fraction of sp³-hybridized carbons (Fsp3) is 0.182. The number of aromatic nitrogens is 3. The minimum Gasteiger partial charge on any atom is -0.481 e. The summed E-state index contributed by atoms with van der Waals surface area (Å²) in [6.07, 6.45) is 1.29. The molecule has 3 N–H and O–H groups in total. The summed E-state index contributed by atoms with van der Waals surface area (Å²) in [6.45, 7) is 0. The predicted molar refractivity (Wildman–Crippen MR) is 74.6 cm³/mol. The van der Waals surface area contributed by atoms with Crippen molar-refractivity contribution in [3.63, 3.8) is 0 Å². The van der Waals surface area contributed by atoms with E-state index in [-0.39, 0.29) is 28.4 Å². The number of hydrogen-bond donors (Lipinski definition) is 2. The van der Waals surface area contributed by atoms with Gasteiger partial charge in [-0.2, -0.15) is 9.97 Å². The second-order valence-electron chi connectivity index (χ2n) is 3.80. The number of sulfonamides is 1. The molecule has 0 bridgehead atoms. The average molecular weight is 311 g/mol. The smallest absolute Gasteiger partial charge is 0.264 e. The Morgan fingerprint density at radius 3 is 2.29 bits per heavy atom. The summed E-state index contributed by atoms with van der Waals surface area (Å²) in [6, 6.07) is 3.94. The van der Waals surface area contributed by atoms with Gasteiger partial charge in [0.25, 0.3) is 10.0 Å².